The van der Waals surface area contributed by atoms with Gasteiger partial charge >= 0.3 is 8.80 Å². The standard InChI is InChI=1S/C9H14O3Si.C2H7N/c1-10-13(11-2,12-3)9-7-5-4-6-8-9;1-3-2/h4-8H,1-3H3;3H,1-2H3. The molecule has 0 saturated carbocycles. The van der Waals surface area contributed by atoms with Crippen molar-refractivity contribution in [3.63, 3.8) is 0 Å². The molecule has 0 amide bonds. The van der Waals surface area contributed by atoms with E-state index < -0.39 is 8.80 Å². The van der Waals surface area contributed by atoms with E-state index in [1.807, 2.05) is 44.4 Å². The van der Waals surface area contributed by atoms with E-state index in [0.717, 1.165) is 5.19 Å². The molecule has 0 saturated heterocycles. The van der Waals surface area contributed by atoms with Gasteiger partial charge in [0.1, 0.15) is 0 Å². The Hall–Kier alpha value is -0.723. The fourth-order valence-corrected chi connectivity index (χ4v) is 3.05. The molecule has 1 aromatic carbocycles. The highest BCUT2D eigenvalue weighted by molar-refractivity contribution is 6.75. The fourth-order valence-electron chi connectivity index (χ4n) is 1.25. The molecule has 5 heteroatoms. The number of benzene rings is 1. The minimum atomic E-state index is -2.59. The normalized spacial score (nSPS) is 10.6. The van der Waals surface area contributed by atoms with Crippen LogP contribution >= 0.6 is 0 Å². The predicted octanol–water partition coefficient (Wildman–Crippen LogP) is 0.607. The quantitative estimate of drug-likeness (QED) is 0.787. The van der Waals surface area contributed by atoms with Crippen molar-refractivity contribution < 1.29 is 13.3 Å². The molecule has 0 atom stereocenters. The molecule has 1 aromatic rings. The van der Waals surface area contributed by atoms with Crippen molar-refractivity contribution in [1.82, 2.24) is 5.32 Å². The van der Waals surface area contributed by atoms with E-state index in [9.17, 15) is 0 Å². The zero-order valence-corrected chi connectivity index (χ0v) is 11.6. The third-order valence-corrected chi connectivity index (χ3v) is 4.59. The van der Waals surface area contributed by atoms with Gasteiger partial charge in [-0.1, -0.05) is 30.3 Å². The summed E-state index contributed by atoms with van der Waals surface area (Å²) in [5.41, 5.74) is 0. The Labute approximate surface area is 98.9 Å². The lowest BCUT2D eigenvalue weighted by Gasteiger charge is -2.24. The number of nitrogens with one attached hydrogen (secondary N) is 1. The molecule has 0 fully saturated rings. The van der Waals surface area contributed by atoms with Gasteiger partial charge in [-0.05, 0) is 14.1 Å². The van der Waals surface area contributed by atoms with Gasteiger partial charge in [0, 0.05) is 26.5 Å². The van der Waals surface area contributed by atoms with Gasteiger partial charge in [0.05, 0.1) is 0 Å². The summed E-state index contributed by atoms with van der Waals surface area (Å²) in [5, 5.41) is 3.72. The third kappa shape index (κ3) is 4.03. The van der Waals surface area contributed by atoms with Crippen LogP contribution in [0.4, 0.5) is 0 Å². The van der Waals surface area contributed by atoms with Gasteiger partial charge in [0.25, 0.3) is 0 Å². The number of hydrogen-bond donors (Lipinski definition) is 1. The maximum Gasteiger partial charge on any atom is 0.536 e. The zero-order valence-electron chi connectivity index (χ0n) is 10.6. The molecule has 0 heterocycles. The van der Waals surface area contributed by atoms with Crippen LogP contribution in [-0.4, -0.2) is 44.2 Å². The zero-order chi connectivity index (χ0) is 12.4. The van der Waals surface area contributed by atoms with E-state index in [-0.39, 0.29) is 0 Å². The molecule has 0 bridgehead atoms. The van der Waals surface area contributed by atoms with Crippen molar-refractivity contribution in [2.45, 2.75) is 0 Å². The van der Waals surface area contributed by atoms with E-state index in [1.54, 1.807) is 21.3 Å². The highest BCUT2D eigenvalue weighted by atomic mass is 28.4. The molecular weight excluding hydrogens is 222 g/mol. The van der Waals surface area contributed by atoms with Crippen molar-refractivity contribution in [3.8, 4) is 0 Å². The first-order chi connectivity index (χ1) is 7.70. The highest BCUT2D eigenvalue weighted by Gasteiger charge is 2.40. The maximum absolute atomic E-state index is 5.32. The lowest BCUT2D eigenvalue weighted by Crippen LogP contribution is -2.54. The van der Waals surface area contributed by atoms with Gasteiger partial charge in [-0.3, -0.25) is 0 Å². The average molecular weight is 243 g/mol. The van der Waals surface area contributed by atoms with Crippen LogP contribution in [0.2, 0.25) is 0 Å². The molecule has 0 aliphatic carbocycles. The van der Waals surface area contributed by atoms with E-state index in [4.69, 9.17) is 13.3 Å². The van der Waals surface area contributed by atoms with Gasteiger partial charge in [-0.15, -0.1) is 0 Å². The Morgan fingerprint density at radius 1 is 0.875 bits per heavy atom. The molecule has 4 nitrogen and oxygen atoms in total. The van der Waals surface area contributed by atoms with Crippen LogP contribution < -0.4 is 10.5 Å². The van der Waals surface area contributed by atoms with Crippen LogP contribution in [0.5, 0.6) is 0 Å². The summed E-state index contributed by atoms with van der Waals surface area (Å²) < 4.78 is 16.0. The monoisotopic (exact) mass is 243 g/mol. The van der Waals surface area contributed by atoms with Crippen molar-refractivity contribution in [2.24, 2.45) is 0 Å². The van der Waals surface area contributed by atoms with Crippen molar-refractivity contribution >= 4 is 14.0 Å². The molecule has 0 unspecified atom stereocenters. The summed E-state index contributed by atoms with van der Waals surface area (Å²) in [6, 6.07) is 9.72. The Kier molecular flexibility index (Phi) is 8.05. The summed E-state index contributed by atoms with van der Waals surface area (Å²) in [6.45, 7) is 0. The lowest BCUT2D eigenvalue weighted by atomic mass is 10.4. The summed E-state index contributed by atoms with van der Waals surface area (Å²) in [7, 11) is 5.97. The van der Waals surface area contributed by atoms with E-state index in [1.165, 1.54) is 0 Å². The van der Waals surface area contributed by atoms with E-state index in [0.29, 0.717) is 0 Å². The highest BCUT2D eigenvalue weighted by Crippen LogP contribution is 2.05. The molecule has 0 aromatic heterocycles. The third-order valence-electron chi connectivity index (χ3n) is 1.93. The van der Waals surface area contributed by atoms with Gasteiger partial charge in [-0.25, -0.2) is 0 Å². The fraction of sp³-hybridized carbons (Fsp3) is 0.455. The van der Waals surface area contributed by atoms with Crippen LogP contribution in [0.3, 0.4) is 0 Å². The van der Waals surface area contributed by atoms with E-state index >= 15 is 0 Å². The molecule has 0 aliphatic rings. The molecular formula is C11H21NO3Si. The Balaban J connectivity index is 0.000000673. The number of rotatable bonds is 4. The second-order valence-electron chi connectivity index (χ2n) is 3.03. The van der Waals surface area contributed by atoms with Crippen LogP contribution in [0.15, 0.2) is 30.3 Å². The number of hydrogen-bond acceptors (Lipinski definition) is 4. The largest absolute Gasteiger partial charge is 0.536 e. The predicted molar refractivity (Wildman–Crippen MR) is 67.8 cm³/mol. The summed E-state index contributed by atoms with van der Waals surface area (Å²) in [6.07, 6.45) is 0. The maximum atomic E-state index is 5.32. The Morgan fingerprint density at radius 3 is 1.56 bits per heavy atom. The summed E-state index contributed by atoms with van der Waals surface area (Å²) in [4.78, 5) is 0. The molecule has 1 rings (SSSR count). The van der Waals surface area contributed by atoms with Gasteiger partial charge < -0.3 is 18.6 Å². The average Bonchev–Trinajstić information content (AvgIpc) is 2.34. The van der Waals surface area contributed by atoms with Crippen LogP contribution in [0.25, 0.3) is 0 Å². The molecule has 1 N–H and O–H groups in total. The summed E-state index contributed by atoms with van der Waals surface area (Å²) >= 11 is 0. The second-order valence-corrected chi connectivity index (χ2v) is 5.95. The van der Waals surface area contributed by atoms with Gasteiger partial charge in [0.15, 0.2) is 0 Å². The van der Waals surface area contributed by atoms with Gasteiger partial charge in [-0.2, -0.15) is 0 Å². The van der Waals surface area contributed by atoms with Crippen LogP contribution in [-0.2, 0) is 13.3 Å². The minimum absolute atomic E-state index is 0.975. The topological polar surface area (TPSA) is 39.7 Å². The Morgan fingerprint density at radius 2 is 1.25 bits per heavy atom. The SMILES string of the molecule is CNC.CO[Si](OC)(OC)c1ccccc1. The van der Waals surface area contributed by atoms with Crippen LogP contribution in [0, 0.1) is 0 Å². The molecule has 0 radical (unpaired) electrons. The van der Waals surface area contributed by atoms with Crippen molar-refractivity contribution in [2.75, 3.05) is 35.4 Å². The minimum Gasteiger partial charge on any atom is -0.373 e. The van der Waals surface area contributed by atoms with Crippen molar-refractivity contribution in [3.05, 3.63) is 30.3 Å². The first kappa shape index (κ1) is 15.3. The smallest absolute Gasteiger partial charge is 0.373 e. The molecule has 16 heavy (non-hydrogen) atoms. The molecule has 0 aliphatic heterocycles. The van der Waals surface area contributed by atoms with Crippen molar-refractivity contribution in [1.29, 1.82) is 0 Å². The second kappa shape index (κ2) is 8.43. The van der Waals surface area contributed by atoms with E-state index in [2.05, 4.69) is 5.32 Å². The van der Waals surface area contributed by atoms with Gasteiger partial charge in [0.2, 0.25) is 0 Å². The molecule has 92 valence electrons. The molecule has 0 spiro atoms. The summed E-state index contributed by atoms with van der Waals surface area (Å²) in [5.74, 6) is 0. The van der Waals surface area contributed by atoms with Crippen LogP contribution in [0.1, 0.15) is 0 Å². The lowest BCUT2D eigenvalue weighted by molar-refractivity contribution is 0.140. The first-order valence-corrected chi connectivity index (χ1v) is 6.72. The first-order valence-electron chi connectivity index (χ1n) is 5.00. The Bertz CT molecular complexity index is 257.